The summed E-state index contributed by atoms with van der Waals surface area (Å²) in [6.07, 6.45) is 0. The molecule has 0 N–H and O–H groups in total. The summed E-state index contributed by atoms with van der Waals surface area (Å²) in [5.74, 6) is 0. The van der Waals surface area contributed by atoms with Crippen molar-refractivity contribution in [3.05, 3.63) is 167 Å². The van der Waals surface area contributed by atoms with Crippen LogP contribution in [0.25, 0.3) is 22.3 Å². The van der Waals surface area contributed by atoms with Crippen LogP contribution in [0, 0.1) is 0 Å². The molecule has 0 radical (unpaired) electrons. The summed E-state index contributed by atoms with van der Waals surface area (Å²) in [4.78, 5) is 0. The molecule has 0 fully saturated rings. The first-order valence-electron chi connectivity index (χ1n) is 15.4. The Morgan fingerprint density at radius 2 is 0.478 bits per heavy atom. The topological polar surface area (TPSA) is 0 Å². The summed E-state index contributed by atoms with van der Waals surface area (Å²) in [6.45, 7) is 0. The molecule has 1 aliphatic heterocycles. The summed E-state index contributed by atoms with van der Waals surface area (Å²) in [6, 6.07) is 56.1. The third-order valence-corrected chi connectivity index (χ3v) is 49.1. The van der Waals surface area contributed by atoms with Crippen LogP contribution in [0.1, 0.15) is 0 Å². The Morgan fingerprint density at radius 3 is 0.696 bits per heavy atom. The molecule has 9 rings (SSSR count). The maximum absolute atomic E-state index is 3.88. The Morgan fingerprint density at radius 1 is 0.261 bits per heavy atom. The van der Waals surface area contributed by atoms with E-state index in [0.717, 1.165) is 0 Å². The molecule has 0 saturated carbocycles. The van der Waals surface area contributed by atoms with E-state index in [1.165, 1.54) is 36.6 Å². The van der Waals surface area contributed by atoms with Crippen molar-refractivity contribution in [1.82, 2.24) is 0 Å². The van der Waals surface area contributed by atoms with Gasteiger partial charge in [0.25, 0.3) is 0 Å². The molecule has 0 unspecified atom stereocenters. The van der Waals surface area contributed by atoms with Crippen molar-refractivity contribution < 1.29 is 0 Å². The van der Waals surface area contributed by atoms with Crippen molar-refractivity contribution in [2.75, 3.05) is 0 Å². The van der Waals surface area contributed by atoms with E-state index in [1.54, 1.807) is 11.6 Å². The van der Waals surface area contributed by atoms with E-state index in [1.807, 2.05) is 45.3 Å². The number of hydrogen-bond acceptors (Lipinski definition) is 4. The van der Waals surface area contributed by atoms with Crippen molar-refractivity contribution in [2.45, 2.75) is 0 Å². The molecule has 4 aromatic carbocycles. The van der Waals surface area contributed by atoms with E-state index < -0.39 is 36.8 Å². The molecule has 0 nitrogen and oxygen atoms in total. The van der Waals surface area contributed by atoms with Crippen LogP contribution in [0.4, 0.5) is 0 Å². The Bertz CT molecular complexity index is 1930. The van der Waals surface area contributed by atoms with Crippen LogP contribution in [0.2, 0.25) is 0 Å². The van der Waals surface area contributed by atoms with Gasteiger partial charge in [0, 0.05) is 0 Å². The molecule has 0 aliphatic carbocycles. The molecule has 8 aromatic rings. The number of fused-ring (bicyclic) bond motifs is 6. The first kappa shape index (κ1) is 29.4. The van der Waals surface area contributed by atoms with Gasteiger partial charge in [0.2, 0.25) is 0 Å². The zero-order valence-electron chi connectivity index (χ0n) is 24.8. The van der Waals surface area contributed by atoms with E-state index in [2.05, 4.69) is 167 Å². The molecule has 220 valence electrons. The number of thiophene rings is 4. The molecule has 6 heteroatoms. The van der Waals surface area contributed by atoms with Gasteiger partial charge in [0.1, 0.15) is 0 Å². The standard InChI is InChI=1S/2C8H4S2.4C6H5.2Sn/c2*1-3-9-5-7(1)8-2-4-10-6-8;4*1-2-4-6-5-3-1;;/h2*1-4H;4*1-5H;;. The Kier molecular flexibility index (Phi) is 7.71. The van der Waals surface area contributed by atoms with E-state index >= 15 is 0 Å². The van der Waals surface area contributed by atoms with E-state index in [9.17, 15) is 0 Å². The van der Waals surface area contributed by atoms with E-state index in [0.29, 0.717) is 0 Å². The fraction of sp³-hybridized carbons (Fsp3) is 0. The average molecular weight is 874 g/mol. The van der Waals surface area contributed by atoms with Gasteiger partial charge in [-0.1, -0.05) is 0 Å². The SMILES string of the molecule is c1cc[c]([Sn]2([c]3ccccc3)[c]3sccc3-c3ccs[c]3[Sn]([c]3ccccc3)([c]3ccccc3)[c]3sccc3-c3ccs[c]32)cc1. The normalized spacial score (nSPS) is 14.4. The first-order valence-corrected chi connectivity index (χ1v) is 30.3. The molecule has 46 heavy (non-hydrogen) atoms. The predicted octanol–water partition coefficient (Wildman–Crippen LogP) is 6.33. The van der Waals surface area contributed by atoms with Gasteiger partial charge in [-0.05, 0) is 0 Å². The van der Waals surface area contributed by atoms with Crippen LogP contribution in [0.3, 0.4) is 0 Å². The molecule has 0 spiro atoms. The maximum atomic E-state index is 2.46. The van der Waals surface area contributed by atoms with Crippen molar-refractivity contribution in [1.29, 1.82) is 0 Å². The Balaban J connectivity index is 1.52. The van der Waals surface area contributed by atoms with Crippen LogP contribution < -0.4 is 25.9 Å². The molecule has 4 aromatic heterocycles. The van der Waals surface area contributed by atoms with Gasteiger partial charge in [0.05, 0.1) is 0 Å². The molecular weight excluding hydrogens is 846 g/mol. The van der Waals surface area contributed by atoms with Crippen molar-refractivity contribution in [3.63, 3.8) is 0 Å². The Labute approximate surface area is 294 Å². The third-order valence-electron chi connectivity index (χ3n) is 9.43. The molecular formula is C40H28S4Sn2. The fourth-order valence-corrected chi connectivity index (χ4v) is 53.3. The number of benzene rings is 4. The predicted molar refractivity (Wildman–Crippen MR) is 210 cm³/mol. The van der Waals surface area contributed by atoms with Crippen molar-refractivity contribution >= 4 is 108 Å². The summed E-state index contributed by atoms with van der Waals surface area (Å²) >= 11 is 0.233. The van der Waals surface area contributed by atoms with Crippen LogP contribution >= 0.6 is 45.3 Å². The van der Waals surface area contributed by atoms with E-state index in [-0.39, 0.29) is 0 Å². The second-order valence-electron chi connectivity index (χ2n) is 11.6. The monoisotopic (exact) mass is 876 g/mol. The van der Waals surface area contributed by atoms with E-state index in [4.69, 9.17) is 0 Å². The van der Waals surface area contributed by atoms with Crippen LogP contribution in [-0.4, -0.2) is 36.8 Å². The van der Waals surface area contributed by atoms with Crippen LogP contribution in [-0.2, 0) is 0 Å². The van der Waals surface area contributed by atoms with Gasteiger partial charge in [-0.2, -0.15) is 0 Å². The zero-order chi connectivity index (χ0) is 30.6. The van der Waals surface area contributed by atoms with Gasteiger partial charge < -0.3 is 0 Å². The zero-order valence-corrected chi connectivity index (χ0v) is 33.8. The number of rotatable bonds is 4. The van der Waals surface area contributed by atoms with Gasteiger partial charge >= 0.3 is 297 Å². The van der Waals surface area contributed by atoms with Gasteiger partial charge in [-0.3, -0.25) is 0 Å². The molecule has 5 heterocycles. The summed E-state index contributed by atoms with van der Waals surface area (Å²) in [7, 11) is 0. The molecule has 0 bridgehead atoms. The van der Waals surface area contributed by atoms with Crippen molar-refractivity contribution in [2.24, 2.45) is 0 Å². The fourth-order valence-electron chi connectivity index (χ4n) is 7.59. The summed E-state index contributed by atoms with van der Waals surface area (Å²) in [5.41, 5.74) is 5.82. The Hall–Kier alpha value is -2.72. The second-order valence-corrected chi connectivity index (χ2v) is 40.3. The molecule has 0 amide bonds. The van der Waals surface area contributed by atoms with Gasteiger partial charge in [-0.25, -0.2) is 0 Å². The minimum absolute atomic E-state index is 1.46. The number of hydrogen-bond donors (Lipinski definition) is 0. The van der Waals surface area contributed by atoms with Crippen molar-refractivity contribution in [3.8, 4) is 22.3 Å². The summed E-state index contributed by atoms with van der Waals surface area (Å²) < 4.78 is 12.5. The minimum atomic E-state index is -3.88. The molecule has 1 aliphatic rings. The first-order chi connectivity index (χ1) is 22.8. The average Bonchev–Trinajstić information content (AvgIpc) is 3.96. The van der Waals surface area contributed by atoms with Crippen LogP contribution in [0.5, 0.6) is 0 Å². The molecule has 0 atom stereocenters. The third kappa shape index (κ3) is 4.27. The van der Waals surface area contributed by atoms with Gasteiger partial charge in [0.15, 0.2) is 0 Å². The van der Waals surface area contributed by atoms with Gasteiger partial charge in [-0.15, -0.1) is 0 Å². The summed E-state index contributed by atoms with van der Waals surface area (Å²) in [5, 5.41) is 9.53. The second kappa shape index (κ2) is 12.1. The quantitative estimate of drug-likeness (QED) is 0.182. The molecule has 0 saturated heterocycles. The van der Waals surface area contributed by atoms with Crippen LogP contribution in [0.15, 0.2) is 167 Å².